The maximum Gasteiger partial charge on any atom is 0.0406 e. The standard InChI is InChI=1S/C33H40ClN/c1-23(25-16-20-32(21-17-25)35-31-12-7-13-31)33(27-14-18-30(34)19-15-27)24(2)28-10-6-11-29(22-28)26-8-4-3-5-9-26/h6,10-11,14-24,26,31,33,35H,3-5,7-9,12-13H2,1-2H3. The monoisotopic (exact) mass is 485 g/mol. The van der Waals surface area contributed by atoms with Crippen LogP contribution in [0.15, 0.2) is 72.8 Å². The van der Waals surface area contributed by atoms with Crippen molar-refractivity contribution in [3.05, 3.63) is 100 Å². The lowest BCUT2D eigenvalue weighted by Gasteiger charge is -2.32. The number of nitrogens with one attached hydrogen (secondary N) is 1. The van der Waals surface area contributed by atoms with Crippen LogP contribution in [0.3, 0.4) is 0 Å². The van der Waals surface area contributed by atoms with Gasteiger partial charge in [-0.15, -0.1) is 0 Å². The van der Waals surface area contributed by atoms with Crippen LogP contribution in [0.2, 0.25) is 5.02 Å². The van der Waals surface area contributed by atoms with Crippen LogP contribution < -0.4 is 5.32 Å². The van der Waals surface area contributed by atoms with Crippen molar-refractivity contribution < 1.29 is 0 Å². The van der Waals surface area contributed by atoms with E-state index >= 15 is 0 Å². The van der Waals surface area contributed by atoms with Crippen LogP contribution in [0.5, 0.6) is 0 Å². The van der Waals surface area contributed by atoms with Crippen LogP contribution in [0.1, 0.15) is 111 Å². The van der Waals surface area contributed by atoms with Gasteiger partial charge in [0, 0.05) is 16.8 Å². The fraction of sp³-hybridized carbons (Fsp3) is 0.455. The first-order chi connectivity index (χ1) is 17.1. The molecule has 0 aliphatic heterocycles. The van der Waals surface area contributed by atoms with Gasteiger partial charge in [-0.05, 0) is 102 Å². The van der Waals surface area contributed by atoms with Crippen LogP contribution in [0, 0.1) is 0 Å². The van der Waals surface area contributed by atoms with Gasteiger partial charge in [0.25, 0.3) is 0 Å². The highest BCUT2D eigenvalue weighted by molar-refractivity contribution is 6.30. The van der Waals surface area contributed by atoms with E-state index in [0.29, 0.717) is 23.8 Å². The van der Waals surface area contributed by atoms with Crippen molar-refractivity contribution in [2.45, 2.75) is 94.9 Å². The third-order valence-electron chi connectivity index (χ3n) is 8.76. The highest BCUT2D eigenvalue weighted by atomic mass is 35.5. The van der Waals surface area contributed by atoms with Crippen molar-refractivity contribution in [2.75, 3.05) is 5.32 Å². The minimum atomic E-state index is 0.374. The molecule has 0 amide bonds. The van der Waals surface area contributed by atoms with Crippen LogP contribution >= 0.6 is 11.6 Å². The van der Waals surface area contributed by atoms with E-state index in [0.717, 1.165) is 10.9 Å². The van der Waals surface area contributed by atoms with Gasteiger partial charge in [-0.25, -0.2) is 0 Å². The molecule has 2 fully saturated rings. The molecule has 0 bridgehead atoms. The Balaban J connectivity index is 1.42. The molecule has 2 aliphatic rings. The second kappa shape index (κ2) is 11.2. The lowest BCUT2D eigenvalue weighted by atomic mass is 9.72. The predicted octanol–water partition coefficient (Wildman–Crippen LogP) is 10.0. The quantitative estimate of drug-likeness (QED) is 0.334. The third-order valence-corrected chi connectivity index (χ3v) is 9.01. The summed E-state index contributed by atoms with van der Waals surface area (Å²) in [4.78, 5) is 0. The van der Waals surface area contributed by atoms with Gasteiger partial charge in [-0.2, -0.15) is 0 Å². The van der Waals surface area contributed by atoms with Crippen molar-refractivity contribution in [1.29, 1.82) is 0 Å². The zero-order valence-corrected chi connectivity index (χ0v) is 22.1. The summed E-state index contributed by atoms with van der Waals surface area (Å²) in [6.07, 6.45) is 10.8. The summed E-state index contributed by atoms with van der Waals surface area (Å²) in [5, 5.41) is 4.49. The first-order valence-corrected chi connectivity index (χ1v) is 14.2. The maximum atomic E-state index is 6.28. The van der Waals surface area contributed by atoms with Crippen LogP contribution in [0.25, 0.3) is 0 Å². The van der Waals surface area contributed by atoms with Gasteiger partial charge in [0.2, 0.25) is 0 Å². The molecule has 184 valence electrons. The molecule has 0 aromatic heterocycles. The van der Waals surface area contributed by atoms with E-state index in [2.05, 4.69) is 79.8 Å². The van der Waals surface area contributed by atoms with E-state index < -0.39 is 0 Å². The minimum Gasteiger partial charge on any atom is -0.382 e. The first-order valence-electron chi connectivity index (χ1n) is 13.8. The summed E-state index contributed by atoms with van der Waals surface area (Å²) < 4.78 is 0. The molecule has 2 heteroatoms. The number of halogens is 1. The zero-order chi connectivity index (χ0) is 24.2. The second-order valence-electron chi connectivity index (χ2n) is 11.1. The van der Waals surface area contributed by atoms with Crippen LogP contribution in [-0.2, 0) is 0 Å². The number of benzene rings is 3. The molecule has 0 saturated heterocycles. The molecule has 35 heavy (non-hydrogen) atoms. The summed E-state index contributed by atoms with van der Waals surface area (Å²) in [5.74, 6) is 1.90. The molecule has 2 saturated carbocycles. The molecular formula is C33H40ClN. The first kappa shape index (κ1) is 24.4. The van der Waals surface area contributed by atoms with E-state index in [4.69, 9.17) is 11.6 Å². The largest absolute Gasteiger partial charge is 0.382 e. The Morgan fingerprint density at radius 1 is 0.686 bits per heavy atom. The highest BCUT2D eigenvalue weighted by Gasteiger charge is 2.28. The van der Waals surface area contributed by atoms with Crippen molar-refractivity contribution in [1.82, 2.24) is 0 Å². The van der Waals surface area contributed by atoms with Crippen molar-refractivity contribution in [3.8, 4) is 0 Å². The molecule has 2 aliphatic carbocycles. The Morgan fingerprint density at radius 2 is 1.34 bits per heavy atom. The highest BCUT2D eigenvalue weighted by Crippen LogP contribution is 2.44. The molecule has 1 nitrogen and oxygen atoms in total. The lowest BCUT2D eigenvalue weighted by Crippen LogP contribution is -2.26. The predicted molar refractivity (Wildman–Crippen MR) is 151 cm³/mol. The van der Waals surface area contributed by atoms with E-state index in [-0.39, 0.29) is 0 Å². The fourth-order valence-corrected chi connectivity index (χ4v) is 6.44. The Kier molecular flexibility index (Phi) is 7.83. The molecule has 0 spiro atoms. The Hall–Kier alpha value is -2.25. The van der Waals surface area contributed by atoms with Crippen LogP contribution in [0.4, 0.5) is 5.69 Å². The van der Waals surface area contributed by atoms with Gasteiger partial charge in [-0.1, -0.05) is 93.2 Å². The number of hydrogen-bond acceptors (Lipinski definition) is 1. The Bertz CT molecular complexity index is 1080. The van der Waals surface area contributed by atoms with E-state index in [1.165, 1.54) is 73.7 Å². The molecule has 0 heterocycles. The average molecular weight is 486 g/mol. The topological polar surface area (TPSA) is 12.0 Å². The smallest absolute Gasteiger partial charge is 0.0406 e. The summed E-state index contributed by atoms with van der Waals surface area (Å²) in [6, 6.07) is 28.0. The summed E-state index contributed by atoms with van der Waals surface area (Å²) in [5.41, 5.74) is 7.03. The second-order valence-corrected chi connectivity index (χ2v) is 11.5. The van der Waals surface area contributed by atoms with E-state index in [1.54, 1.807) is 5.56 Å². The molecule has 0 radical (unpaired) electrons. The minimum absolute atomic E-state index is 0.374. The van der Waals surface area contributed by atoms with Gasteiger partial charge < -0.3 is 5.32 Å². The summed E-state index contributed by atoms with van der Waals surface area (Å²) in [7, 11) is 0. The molecule has 3 atom stereocenters. The van der Waals surface area contributed by atoms with Gasteiger partial charge in [0.1, 0.15) is 0 Å². The molecule has 3 aromatic rings. The van der Waals surface area contributed by atoms with E-state index in [1.807, 2.05) is 12.1 Å². The number of anilines is 1. The van der Waals surface area contributed by atoms with Crippen molar-refractivity contribution in [2.24, 2.45) is 0 Å². The molecule has 3 unspecified atom stereocenters. The zero-order valence-electron chi connectivity index (χ0n) is 21.3. The lowest BCUT2D eigenvalue weighted by molar-refractivity contribution is 0.442. The SMILES string of the molecule is CC(c1ccc(NC2CCC2)cc1)C(c1ccc(Cl)cc1)C(C)c1cccc(C2CCCCC2)c1. The molecule has 1 N–H and O–H groups in total. The maximum absolute atomic E-state index is 6.28. The summed E-state index contributed by atoms with van der Waals surface area (Å²) >= 11 is 6.28. The molecule has 3 aromatic carbocycles. The number of hydrogen-bond donors (Lipinski definition) is 1. The fourth-order valence-electron chi connectivity index (χ4n) is 6.31. The van der Waals surface area contributed by atoms with Gasteiger partial charge in [0.15, 0.2) is 0 Å². The summed E-state index contributed by atoms with van der Waals surface area (Å²) in [6.45, 7) is 4.82. The normalized spacial score (nSPS) is 19.5. The van der Waals surface area contributed by atoms with Crippen molar-refractivity contribution >= 4 is 17.3 Å². The van der Waals surface area contributed by atoms with Crippen molar-refractivity contribution in [3.63, 3.8) is 0 Å². The Morgan fingerprint density at radius 3 is 2.00 bits per heavy atom. The van der Waals surface area contributed by atoms with Crippen LogP contribution in [-0.4, -0.2) is 6.04 Å². The number of rotatable bonds is 8. The molecular weight excluding hydrogens is 446 g/mol. The van der Waals surface area contributed by atoms with Gasteiger partial charge in [-0.3, -0.25) is 0 Å². The van der Waals surface area contributed by atoms with E-state index in [9.17, 15) is 0 Å². The van der Waals surface area contributed by atoms with Gasteiger partial charge >= 0.3 is 0 Å². The third kappa shape index (κ3) is 5.78. The average Bonchev–Trinajstić information content (AvgIpc) is 2.88. The Labute approximate surface area is 217 Å². The van der Waals surface area contributed by atoms with Gasteiger partial charge in [0.05, 0.1) is 0 Å². The molecule has 5 rings (SSSR count).